The van der Waals surface area contributed by atoms with E-state index < -0.39 is 11.3 Å². The highest BCUT2D eigenvalue weighted by Gasteiger charge is 2.19. The molecular weight excluding hydrogens is 230 g/mol. The number of halogens is 1. The smallest absolute Gasteiger partial charge is 0.250 e. The molecule has 4 nitrogen and oxygen atoms in total. The summed E-state index contributed by atoms with van der Waals surface area (Å²) in [6, 6.07) is 6.74. The van der Waals surface area contributed by atoms with E-state index in [1.165, 1.54) is 6.92 Å². The van der Waals surface area contributed by atoms with Crippen molar-refractivity contribution in [3.05, 3.63) is 24.3 Å². The van der Waals surface area contributed by atoms with Crippen molar-refractivity contribution in [1.29, 1.82) is 0 Å². The number of alkyl halides is 1. The minimum Gasteiger partial charge on any atom is -0.497 e. The van der Waals surface area contributed by atoms with Crippen LogP contribution in [0.1, 0.15) is 6.92 Å². The third-order valence-corrected chi connectivity index (χ3v) is 2.45. The van der Waals surface area contributed by atoms with Gasteiger partial charge in [-0.05, 0) is 31.2 Å². The summed E-state index contributed by atoms with van der Waals surface area (Å²) in [6.45, 7) is 1.27. The number of carbonyl (C=O) groups is 2. The number of hydrogen-bond acceptors (Lipinski definition) is 3. The lowest BCUT2D eigenvalue weighted by Gasteiger charge is -2.08. The molecule has 16 heavy (non-hydrogen) atoms. The summed E-state index contributed by atoms with van der Waals surface area (Å²) in [4.78, 5) is 22.3. The first-order chi connectivity index (χ1) is 7.54. The first-order valence-electron chi connectivity index (χ1n) is 4.64. The summed E-state index contributed by atoms with van der Waals surface area (Å²) in [5.41, 5.74) is 0.567. The quantitative estimate of drug-likeness (QED) is 0.646. The summed E-state index contributed by atoms with van der Waals surface area (Å²) in [5, 5.41) is 1.38. The fourth-order valence-corrected chi connectivity index (χ4v) is 1.12. The Bertz CT molecular complexity index is 389. The van der Waals surface area contributed by atoms with Gasteiger partial charge in [0.2, 0.25) is 5.91 Å². The summed E-state index contributed by atoms with van der Waals surface area (Å²) in [6.07, 6.45) is 0. The second kappa shape index (κ2) is 5.51. The second-order valence-corrected chi connectivity index (χ2v) is 3.63. The molecule has 1 unspecified atom stereocenters. The Morgan fingerprint density at radius 2 is 1.88 bits per heavy atom. The molecule has 0 heterocycles. The Morgan fingerprint density at radius 3 is 2.31 bits per heavy atom. The van der Waals surface area contributed by atoms with Crippen LogP contribution in [0.2, 0.25) is 0 Å². The van der Waals surface area contributed by atoms with E-state index in [1.807, 2.05) is 0 Å². The van der Waals surface area contributed by atoms with Crippen molar-refractivity contribution in [3.63, 3.8) is 0 Å². The van der Waals surface area contributed by atoms with Crippen LogP contribution in [-0.2, 0) is 9.59 Å². The number of hydrogen-bond donors (Lipinski definition) is 1. The van der Waals surface area contributed by atoms with Gasteiger partial charge in [-0.15, -0.1) is 11.6 Å². The minimum absolute atomic E-state index is 0.382. The van der Waals surface area contributed by atoms with Gasteiger partial charge in [0.1, 0.15) is 5.75 Å². The zero-order valence-electron chi connectivity index (χ0n) is 8.99. The van der Waals surface area contributed by atoms with E-state index in [0.717, 1.165) is 0 Å². The van der Waals surface area contributed by atoms with Gasteiger partial charge in [-0.1, -0.05) is 0 Å². The predicted octanol–water partition coefficient (Wildman–Crippen LogP) is 1.83. The Labute approximate surface area is 98.5 Å². The van der Waals surface area contributed by atoms with Crippen LogP contribution in [0.15, 0.2) is 24.3 Å². The van der Waals surface area contributed by atoms with Crippen LogP contribution in [0.4, 0.5) is 5.69 Å². The molecule has 0 bridgehead atoms. The lowest BCUT2D eigenvalue weighted by Crippen LogP contribution is -2.28. The zero-order valence-corrected chi connectivity index (χ0v) is 9.75. The SMILES string of the molecule is COc1ccc(NC(=O)C(Cl)C(C)=O)cc1. The summed E-state index contributed by atoms with van der Waals surface area (Å²) >= 11 is 5.59. The number of methoxy groups -OCH3 is 1. The molecule has 0 aromatic heterocycles. The van der Waals surface area contributed by atoms with Crippen molar-refractivity contribution in [2.45, 2.75) is 12.3 Å². The number of ketones is 1. The van der Waals surface area contributed by atoms with Crippen molar-refractivity contribution < 1.29 is 14.3 Å². The molecule has 0 aliphatic carbocycles. The maximum atomic E-state index is 11.4. The number of anilines is 1. The van der Waals surface area contributed by atoms with E-state index in [-0.39, 0.29) is 5.78 Å². The number of amides is 1. The molecule has 1 atom stereocenters. The average Bonchev–Trinajstić information content (AvgIpc) is 2.28. The third-order valence-electron chi connectivity index (χ3n) is 1.94. The molecule has 1 aromatic rings. The predicted molar refractivity (Wildman–Crippen MR) is 61.9 cm³/mol. The van der Waals surface area contributed by atoms with Crippen LogP contribution in [0.25, 0.3) is 0 Å². The van der Waals surface area contributed by atoms with Crippen LogP contribution in [0, 0.1) is 0 Å². The monoisotopic (exact) mass is 241 g/mol. The summed E-state index contributed by atoms with van der Waals surface area (Å²) < 4.78 is 4.97. The van der Waals surface area contributed by atoms with E-state index in [1.54, 1.807) is 31.4 Å². The number of rotatable bonds is 4. The second-order valence-electron chi connectivity index (χ2n) is 3.19. The molecule has 86 valence electrons. The Kier molecular flexibility index (Phi) is 4.31. The highest BCUT2D eigenvalue weighted by atomic mass is 35.5. The Hall–Kier alpha value is -1.55. The van der Waals surface area contributed by atoms with Crippen LogP contribution in [0.5, 0.6) is 5.75 Å². The van der Waals surface area contributed by atoms with Crippen molar-refractivity contribution >= 4 is 29.0 Å². The standard InChI is InChI=1S/C11H12ClNO3/c1-7(14)10(12)11(15)13-8-3-5-9(16-2)6-4-8/h3-6,10H,1-2H3,(H,13,15). The van der Waals surface area contributed by atoms with Gasteiger partial charge in [0.25, 0.3) is 0 Å². The van der Waals surface area contributed by atoms with Gasteiger partial charge in [0, 0.05) is 5.69 Å². The number of ether oxygens (including phenoxy) is 1. The van der Waals surface area contributed by atoms with E-state index in [4.69, 9.17) is 16.3 Å². The first-order valence-corrected chi connectivity index (χ1v) is 5.07. The average molecular weight is 242 g/mol. The fourth-order valence-electron chi connectivity index (χ4n) is 1.06. The maximum absolute atomic E-state index is 11.4. The molecule has 0 aliphatic heterocycles. The van der Waals surface area contributed by atoms with Gasteiger partial charge in [-0.2, -0.15) is 0 Å². The molecule has 0 fully saturated rings. The van der Waals surface area contributed by atoms with Crippen LogP contribution < -0.4 is 10.1 Å². The third kappa shape index (κ3) is 3.24. The number of Topliss-reactive ketones (excluding diaryl/α,β-unsaturated/α-hetero) is 1. The number of benzene rings is 1. The molecule has 0 spiro atoms. The molecule has 1 N–H and O–H groups in total. The van der Waals surface area contributed by atoms with Crippen LogP contribution in [0.3, 0.4) is 0 Å². The molecule has 0 aliphatic rings. The zero-order chi connectivity index (χ0) is 12.1. The van der Waals surface area contributed by atoms with Crippen LogP contribution in [-0.4, -0.2) is 24.2 Å². The van der Waals surface area contributed by atoms with Crippen molar-refractivity contribution in [2.75, 3.05) is 12.4 Å². The van der Waals surface area contributed by atoms with Gasteiger partial charge in [-0.25, -0.2) is 0 Å². The largest absolute Gasteiger partial charge is 0.497 e. The van der Waals surface area contributed by atoms with E-state index in [2.05, 4.69) is 5.32 Å². The topological polar surface area (TPSA) is 55.4 Å². The van der Waals surface area contributed by atoms with Crippen molar-refractivity contribution in [2.24, 2.45) is 0 Å². The molecule has 0 saturated heterocycles. The molecule has 0 radical (unpaired) electrons. The molecule has 1 aromatic carbocycles. The fraction of sp³-hybridized carbons (Fsp3) is 0.273. The van der Waals surface area contributed by atoms with Gasteiger partial charge in [0.15, 0.2) is 11.2 Å². The van der Waals surface area contributed by atoms with Crippen molar-refractivity contribution in [1.82, 2.24) is 0 Å². The Morgan fingerprint density at radius 1 is 1.31 bits per heavy atom. The molecule has 1 rings (SSSR count). The highest BCUT2D eigenvalue weighted by molar-refractivity contribution is 6.43. The van der Waals surface area contributed by atoms with E-state index in [0.29, 0.717) is 11.4 Å². The highest BCUT2D eigenvalue weighted by Crippen LogP contribution is 2.15. The Balaban J connectivity index is 2.66. The van der Waals surface area contributed by atoms with Gasteiger partial charge >= 0.3 is 0 Å². The van der Waals surface area contributed by atoms with Crippen LogP contribution >= 0.6 is 11.6 Å². The first kappa shape index (κ1) is 12.5. The lowest BCUT2D eigenvalue weighted by atomic mass is 10.2. The van der Waals surface area contributed by atoms with Crippen molar-refractivity contribution in [3.8, 4) is 5.75 Å². The normalized spacial score (nSPS) is 11.7. The minimum atomic E-state index is -1.15. The number of carbonyl (C=O) groups excluding carboxylic acids is 2. The molecule has 0 saturated carbocycles. The van der Waals surface area contributed by atoms with E-state index in [9.17, 15) is 9.59 Å². The summed E-state index contributed by atoms with van der Waals surface area (Å²) in [7, 11) is 1.55. The van der Waals surface area contributed by atoms with E-state index >= 15 is 0 Å². The number of nitrogens with one attached hydrogen (secondary N) is 1. The molecule has 1 amide bonds. The van der Waals surface area contributed by atoms with Gasteiger partial charge in [-0.3, -0.25) is 9.59 Å². The van der Waals surface area contributed by atoms with Gasteiger partial charge in [0.05, 0.1) is 7.11 Å². The molecular formula is C11H12ClNO3. The molecule has 5 heteroatoms. The summed E-state index contributed by atoms with van der Waals surface area (Å²) in [5.74, 6) is -0.223. The maximum Gasteiger partial charge on any atom is 0.250 e. The lowest BCUT2D eigenvalue weighted by molar-refractivity contribution is -0.123. The van der Waals surface area contributed by atoms with Gasteiger partial charge < -0.3 is 10.1 Å².